The molecule has 0 saturated heterocycles. The first-order chi connectivity index (χ1) is 8.33. The molecule has 1 aliphatic carbocycles. The fourth-order valence-electron chi connectivity index (χ4n) is 1.97. The van der Waals surface area contributed by atoms with Gasteiger partial charge in [-0.25, -0.2) is 4.98 Å². The van der Waals surface area contributed by atoms with E-state index < -0.39 is 0 Å². The van der Waals surface area contributed by atoms with Crippen LogP contribution in [0.2, 0.25) is 0 Å². The molecule has 2 aromatic rings. The molecule has 1 aromatic heterocycles. The largest absolute Gasteiger partial charge is 0.368 e. The molecule has 86 valence electrons. The first kappa shape index (κ1) is 10.2. The van der Waals surface area contributed by atoms with E-state index >= 15 is 0 Å². The van der Waals surface area contributed by atoms with Crippen molar-refractivity contribution in [3.05, 3.63) is 36.2 Å². The summed E-state index contributed by atoms with van der Waals surface area (Å²) in [6.07, 6.45) is 3.59. The summed E-state index contributed by atoms with van der Waals surface area (Å²) in [5, 5.41) is 0. The van der Waals surface area contributed by atoms with Crippen molar-refractivity contribution < 1.29 is 0 Å². The lowest BCUT2D eigenvalue weighted by molar-refractivity contribution is 0.401. The van der Waals surface area contributed by atoms with E-state index in [9.17, 15) is 0 Å². The molecule has 4 nitrogen and oxygen atoms in total. The van der Waals surface area contributed by atoms with Gasteiger partial charge >= 0.3 is 0 Å². The van der Waals surface area contributed by atoms with Crippen LogP contribution in [0.5, 0.6) is 0 Å². The van der Waals surface area contributed by atoms with Gasteiger partial charge in [-0.15, -0.1) is 0 Å². The minimum absolute atomic E-state index is 0.320. The van der Waals surface area contributed by atoms with Gasteiger partial charge in [0.1, 0.15) is 5.82 Å². The standard InChI is InChI=1S/C13H14N4/c14-13-16-11(9-5-2-1-3-6-9)15-12(17-13)10-7-4-8-10/h1-3,5-6,10H,4,7-8H2,(H2,14,15,16,17). The highest BCUT2D eigenvalue weighted by molar-refractivity contribution is 5.55. The molecule has 0 unspecified atom stereocenters. The van der Waals surface area contributed by atoms with E-state index in [1.165, 1.54) is 6.42 Å². The van der Waals surface area contributed by atoms with Gasteiger partial charge < -0.3 is 5.73 Å². The zero-order valence-corrected chi connectivity index (χ0v) is 9.50. The monoisotopic (exact) mass is 226 g/mol. The first-order valence-electron chi connectivity index (χ1n) is 5.90. The highest BCUT2D eigenvalue weighted by atomic mass is 15.1. The van der Waals surface area contributed by atoms with Gasteiger partial charge in [0.2, 0.25) is 5.95 Å². The molecule has 3 rings (SSSR count). The van der Waals surface area contributed by atoms with Crippen LogP contribution in [-0.4, -0.2) is 15.0 Å². The second-order valence-corrected chi connectivity index (χ2v) is 4.37. The van der Waals surface area contributed by atoms with Gasteiger partial charge in [0, 0.05) is 11.5 Å². The quantitative estimate of drug-likeness (QED) is 0.853. The van der Waals surface area contributed by atoms with Crippen LogP contribution in [0.25, 0.3) is 11.4 Å². The molecule has 4 heteroatoms. The molecule has 1 aliphatic rings. The maximum Gasteiger partial charge on any atom is 0.223 e. The Morgan fingerprint density at radius 1 is 1.00 bits per heavy atom. The summed E-state index contributed by atoms with van der Waals surface area (Å²) in [6.45, 7) is 0. The van der Waals surface area contributed by atoms with Crippen molar-refractivity contribution in [2.45, 2.75) is 25.2 Å². The van der Waals surface area contributed by atoms with Crippen LogP contribution in [0.4, 0.5) is 5.95 Å². The molecule has 17 heavy (non-hydrogen) atoms. The lowest BCUT2D eigenvalue weighted by Crippen LogP contribution is -2.15. The maximum atomic E-state index is 5.75. The van der Waals surface area contributed by atoms with Crippen LogP contribution in [-0.2, 0) is 0 Å². The molecule has 0 radical (unpaired) electrons. The Morgan fingerprint density at radius 3 is 2.41 bits per heavy atom. The smallest absolute Gasteiger partial charge is 0.223 e. The number of benzene rings is 1. The minimum Gasteiger partial charge on any atom is -0.368 e. The van der Waals surface area contributed by atoms with Crippen molar-refractivity contribution in [1.29, 1.82) is 0 Å². The second-order valence-electron chi connectivity index (χ2n) is 4.37. The highest BCUT2D eigenvalue weighted by Gasteiger charge is 2.23. The summed E-state index contributed by atoms with van der Waals surface area (Å²) in [7, 11) is 0. The third-order valence-corrected chi connectivity index (χ3v) is 3.17. The average Bonchev–Trinajstić information content (AvgIpc) is 2.27. The molecule has 1 aromatic carbocycles. The van der Waals surface area contributed by atoms with Crippen LogP contribution >= 0.6 is 0 Å². The van der Waals surface area contributed by atoms with Crippen LogP contribution in [0.15, 0.2) is 30.3 Å². The summed E-state index contributed by atoms with van der Waals surface area (Å²) < 4.78 is 0. The van der Waals surface area contributed by atoms with Gasteiger partial charge in [0.25, 0.3) is 0 Å². The van der Waals surface area contributed by atoms with Gasteiger partial charge in [-0.2, -0.15) is 9.97 Å². The Morgan fingerprint density at radius 2 is 1.76 bits per heavy atom. The van der Waals surface area contributed by atoms with E-state index in [2.05, 4.69) is 15.0 Å². The molecule has 0 atom stereocenters. The number of aromatic nitrogens is 3. The summed E-state index contributed by atoms with van der Waals surface area (Å²) in [5.74, 6) is 2.33. The van der Waals surface area contributed by atoms with Crippen LogP contribution in [0.3, 0.4) is 0 Å². The van der Waals surface area contributed by atoms with Crippen molar-refractivity contribution in [3.8, 4) is 11.4 Å². The van der Waals surface area contributed by atoms with Gasteiger partial charge in [-0.3, -0.25) is 0 Å². The third kappa shape index (κ3) is 1.98. The molecule has 1 fully saturated rings. The van der Waals surface area contributed by atoms with Crippen molar-refractivity contribution >= 4 is 5.95 Å². The Bertz CT molecular complexity index is 520. The van der Waals surface area contributed by atoms with E-state index in [1.54, 1.807) is 0 Å². The highest BCUT2D eigenvalue weighted by Crippen LogP contribution is 2.34. The lowest BCUT2D eigenvalue weighted by Gasteiger charge is -2.23. The zero-order valence-electron chi connectivity index (χ0n) is 9.50. The number of anilines is 1. The summed E-state index contributed by atoms with van der Waals surface area (Å²) in [5.41, 5.74) is 6.74. The number of nitrogens with zero attached hydrogens (tertiary/aromatic N) is 3. The Labute approximate surface area is 99.9 Å². The Kier molecular flexibility index (Phi) is 2.48. The van der Waals surface area contributed by atoms with Crippen molar-refractivity contribution in [2.75, 3.05) is 5.73 Å². The molecule has 2 N–H and O–H groups in total. The van der Waals surface area contributed by atoms with E-state index in [1.807, 2.05) is 30.3 Å². The summed E-state index contributed by atoms with van der Waals surface area (Å²) >= 11 is 0. The Balaban J connectivity index is 2.02. The molecule has 0 amide bonds. The molecule has 0 spiro atoms. The van der Waals surface area contributed by atoms with Gasteiger partial charge in [0.15, 0.2) is 5.82 Å². The molecule has 0 aliphatic heterocycles. The summed E-state index contributed by atoms with van der Waals surface area (Å²) in [6, 6.07) is 9.89. The third-order valence-electron chi connectivity index (χ3n) is 3.17. The van der Waals surface area contributed by atoms with Crippen LogP contribution < -0.4 is 5.73 Å². The van der Waals surface area contributed by atoms with Gasteiger partial charge in [0.05, 0.1) is 0 Å². The molecular weight excluding hydrogens is 212 g/mol. The van der Waals surface area contributed by atoms with E-state index in [0.29, 0.717) is 17.7 Å². The van der Waals surface area contributed by atoms with E-state index in [0.717, 1.165) is 24.2 Å². The topological polar surface area (TPSA) is 64.7 Å². The molecule has 1 saturated carbocycles. The molecule has 1 heterocycles. The SMILES string of the molecule is Nc1nc(-c2ccccc2)nc(C2CCC2)n1. The lowest BCUT2D eigenvalue weighted by atomic mass is 9.85. The zero-order chi connectivity index (χ0) is 11.7. The Hall–Kier alpha value is -1.97. The normalized spacial score (nSPS) is 15.5. The minimum atomic E-state index is 0.320. The van der Waals surface area contributed by atoms with E-state index in [4.69, 9.17) is 5.73 Å². The number of hydrogen-bond donors (Lipinski definition) is 1. The van der Waals surface area contributed by atoms with Crippen molar-refractivity contribution in [3.63, 3.8) is 0 Å². The summed E-state index contributed by atoms with van der Waals surface area (Å²) in [4.78, 5) is 13.0. The number of rotatable bonds is 2. The molecular formula is C13H14N4. The number of hydrogen-bond acceptors (Lipinski definition) is 4. The van der Waals surface area contributed by atoms with Gasteiger partial charge in [-0.05, 0) is 12.8 Å². The van der Waals surface area contributed by atoms with Gasteiger partial charge in [-0.1, -0.05) is 36.8 Å². The van der Waals surface area contributed by atoms with Crippen LogP contribution in [0.1, 0.15) is 31.0 Å². The van der Waals surface area contributed by atoms with Crippen LogP contribution in [0, 0.1) is 0 Å². The fraction of sp³-hybridized carbons (Fsp3) is 0.308. The molecule has 0 bridgehead atoms. The number of nitrogens with two attached hydrogens (primary N) is 1. The second kappa shape index (κ2) is 4.13. The fourth-order valence-corrected chi connectivity index (χ4v) is 1.97. The predicted molar refractivity (Wildman–Crippen MR) is 66.3 cm³/mol. The van der Waals surface area contributed by atoms with Crippen molar-refractivity contribution in [2.24, 2.45) is 0 Å². The average molecular weight is 226 g/mol. The van der Waals surface area contributed by atoms with Crippen molar-refractivity contribution in [1.82, 2.24) is 15.0 Å². The van der Waals surface area contributed by atoms with E-state index in [-0.39, 0.29) is 0 Å². The predicted octanol–water partition coefficient (Wildman–Crippen LogP) is 2.39. The maximum absolute atomic E-state index is 5.75. The number of nitrogen functional groups attached to an aromatic ring is 1. The first-order valence-corrected chi connectivity index (χ1v) is 5.90.